The molecule has 0 saturated heterocycles. The lowest BCUT2D eigenvalue weighted by atomic mass is 9.92. The highest BCUT2D eigenvalue weighted by Crippen LogP contribution is 2.41. The summed E-state index contributed by atoms with van der Waals surface area (Å²) < 4.78 is 0. The SMILES string of the molecule is OC1CCCCC1NC1CC1c1ccccc1. The Kier molecular flexibility index (Phi) is 3.17. The highest BCUT2D eigenvalue weighted by Gasteiger charge is 2.40. The standard InChI is InChI=1S/C15H21NO/c17-15-9-5-4-8-13(15)16-14-10-12(14)11-6-2-1-3-7-11/h1-3,6-7,12-17H,4-5,8-10H2. The van der Waals surface area contributed by atoms with Crippen LogP contribution in [0.5, 0.6) is 0 Å². The van der Waals surface area contributed by atoms with Crippen LogP contribution < -0.4 is 5.32 Å². The van der Waals surface area contributed by atoms with E-state index in [1.807, 2.05) is 0 Å². The summed E-state index contributed by atoms with van der Waals surface area (Å²) in [6.45, 7) is 0. The first-order chi connectivity index (χ1) is 8.34. The first-order valence-electron chi connectivity index (χ1n) is 6.83. The molecule has 0 spiro atoms. The van der Waals surface area contributed by atoms with Gasteiger partial charge in [-0.3, -0.25) is 0 Å². The first kappa shape index (κ1) is 11.2. The number of benzene rings is 1. The summed E-state index contributed by atoms with van der Waals surface area (Å²) in [7, 11) is 0. The third kappa shape index (κ3) is 2.53. The van der Waals surface area contributed by atoms with E-state index >= 15 is 0 Å². The predicted octanol–water partition coefficient (Wildman–Crippen LogP) is 2.44. The van der Waals surface area contributed by atoms with E-state index < -0.39 is 0 Å². The maximum atomic E-state index is 9.94. The molecular formula is C15H21NO. The molecule has 4 atom stereocenters. The van der Waals surface area contributed by atoms with Gasteiger partial charge in [0.2, 0.25) is 0 Å². The van der Waals surface area contributed by atoms with Gasteiger partial charge >= 0.3 is 0 Å². The minimum Gasteiger partial charge on any atom is -0.392 e. The molecule has 17 heavy (non-hydrogen) atoms. The molecule has 2 saturated carbocycles. The van der Waals surface area contributed by atoms with Crippen molar-refractivity contribution in [1.82, 2.24) is 5.32 Å². The van der Waals surface area contributed by atoms with Crippen molar-refractivity contribution in [2.75, 3.05) is 0 Å². The summed E-state index contributed by atoms with van der Waals surface area (Å²) in [5.41, 5.74) is 1.44. The van der Waals surface area contributed by atoms with Crippen molar-refractivity contribution in [3.63, 3.8) is 0 Å². The molecule has 0 aromatic heterocycles. The van der Waals surface area contributed by atoms with Crippen LogP contribution >= 0.6 is 0 Å². The van der Waals surface area contributed by atoms with Crippen LogP contribution in [0.3, 0.4) is 0 Å². The zero-order chi connectivity index (χ0) is 11.7. The summed E-state index contributed by atoms with van der Waals surface area (Å²) in [5.74, 6) is 0.672. The average molecular weight is 231 g/mol. The molecule has 2 aliphatic carbocycles. The van der Waals surface area contributed by atoms with Crippen LogP contribution in [0.15, 0.2) is 30.3 Å². The van der Waals surface area contributed by atoms with E-state index in [0.717, 1.165) is 12.8 Å². The van der Waals surface area contributed by atoms with Crippen molar-refractivity contribution in [3.05, 3.63) is 35.9 Å². The Labute approximate surface area is 103 Å². The lowest BCUT2D eigenvalue weighted by Crippen LogP contribution is -2.43. The highest BCUT2D eigenvalue weighted by atomic mass is 16.3. The average Bonchev–Trinajstić information content (AvgIpc) is 3.13. The summed E-state index contributed by atoms with van der Waals surface area (Å²) in [4.78, 5) is 0. The fourth-order valence-electron chi connectivity index (χ4n) is 3.03. The normalized spacial score (nSPS) is 36.8. The van der Waals surface area contributed by atoms with Crippen molar-refractivity contribution in [2.45, 2.75) is 56.2 Å². The summed E-state index contributed by atoms with van der Waals surface area (Å²) in [6.07, 6.45) is 5.66. The molecule has 2 N–H and O–H groups in total. The number of rotatable bonds is 3. The van der Waals surface area contributed by atoms with Crippen LogP contribution in [0.25, 0.3) is 0 Å². The van der Waals surface area contributed by atoms with Crippen LogP contribution in [0.2, 0.25) is 0 Å². The molecular weight excluding hydrogens is 210 g/mol. The van der Waals surface area contributed by atoms with Crippen molar-refractivity contribution in [3.8, 4) is 0 Å². The van der Waals surface area contributed by atoms with Gasteiger partial charge in [-0.2, -0.15) is 0 Å². The quantitative estimate of drug-likeness (QED) is 0.837. The lowest BCUT2D eigenvalue weighted by Gasteiger charge is -2.28. The first-order valence-corrected chi connectivity index (χ1v) is 6.83. The van der Waals surface area contributed by atoms with E-state index in [-0.39, 0.29) is 6.10 Å². The van der Waals surface area contributed by atoms with E-state index in [2.05, 4.69) is 35.6 Å². The van der Waals surface area contributed by atoms with E-state index in [4.69, 9.17) is 0 Å². The Hall–Kier alpha value is -0.860. The number of hydrogen-bond acceptors (Lipinski definition) is 2. The molecule has 1 aromatic rings. The molecule has 2 fully saturated rings. The van der Waals surface area contributed by atoms with Gasteiger partial charge < -0.3 is 10.4 Å². The van der Waals surface area contributed by atoms with Gasteiger partial charge in [-0.15, -0.1) is 0 Å². The zero-order valence-electron chi connectivity index (χ0n) is 10.2. The minimum absolute atomic E-state index is 0.124. The number of aliphatic hydroxyl groups excluding tert-OH is 1. The molecule has 0 aliphatic heterocycles. The van der Waals surface area contributed by atoms with Crippen molar-refractivity contribution in [2.24, 2.45) is 0 Å². The van der Waals surface area contributed by atoms with Crippen LogP contribution in [0.4, 0.5) is 0 Å². The number of aliphatic hydroxyl groups is 1. The van der Waals surface area contributed by atoms with Gasteiger partial charge in [-0.05, 0) is 24.8 Å². The molecule has 3 rings (SSSR count). The van der Waals surface area contributed by atoms with E-state index in [1.54, 1.807) is 0 Å². The topological polar surface area (TPSA) is 32.3 Å². The Bertz CT molecular complexity index is 364. The van der Waals surface area contributed by atoms with Gasteiger partial charge in [0.15, 0.2) is 0 Å². The van der Waals surface area contributed by atoms with Gasteiger partial charge in [-0.25, -0.2) is 0 Å². The van der Waals surface area contributed by atoms with Crippen LogP contribution in [-0.4, -0.2) is 23.3 Å². The maximum Gasteiger partial charge on any atom is 0.0693 e. The van der Waals surface area contributed by atoms with Crippen LogP contribution in [-0.2, 0) is 0 Å². The molecule has 2 heteroatoms. The zero-order valence-corrected chi connectivity index (χ0v) is 10.2. The Balaban J connectivity index is 1.55. The lowest BCUT2D eigenvalue weighted by molar-refractivity contribution is 0.0899. The van der Waals surface area contributed by atoms with Gasteiger partial charge in [0.1, 0.15) is 0 Å². The number of nitrogens with one attached hydrogen (secondary N) is 1. The molecule has 0 amide bonds. The fourth-order valence-corrected chi connectivity index (χ4v) is 3.03. The number of hydrogen-bond donors (Lipinski definition) is 2. The van der Waals surface area contributed by atoms with Crippen molar-refractivity contribution >= 4 is 0 Å². The molecule has 2 nitrogen and oxygen atoms in total. The molecule has 4 unspecified atom stereocenters. The van der Waals surface area contributed by atoms with E-state index in [0.29, 0.717) is 18.0 Å². The summed E-state index contributed by atoms with van der Waals surface area (Å²) in [5, 5.41) is 13.6. The van der Waals surface area contributed by atoms with Crippen LogP contribution in [0.1, 0.15) is 43.6 Å². The van der Waals surface area contributed by atoms with Crippen molar-refractivity contribution in [1.29, 1.82) is 0 Å². The van der Waals surface area contributed by atoms with Gasteiger partial charge in [-0.1, -0.05) is 43.2 Å². The van der Waals surface area contributed by atoms with Crippen molar-refractivity contribution < 1.29 is 5.11 Å². The maximum absolute atomic E-state index is 9.94. The molecule has 0 heterocycles. The Morgan fingerprint density at radius 3 is 2.53 bits per heavy atom. The van der Waals surface area contributed by atoms with Gasteiger partial charge in [0.05, 0.1) is 6.10 Å². The predicted molar refractivity (Wildman–Crippen MR) is 69.0 cm³/mol. The molecule has 0 radical (unpaired) electrons. The largest absolute Gasteiger partial charge is 0.392 e. The Morgan fingerprint density at radius 1 is 1.00 bits per heavy atom. The monoisotopic (exact) mass is 231 g/mol. The molecule has 0 bridgehead atoms. The third-order valence-corrected chi connectivity index (χ3v) is 4.18. The molecule has 2 aliphatic rings. The third-order valence-electron chi connectivity index (χ3n) is 4.18. The second-order valence-corrected chi connectivity index (χ2v) is 5.48. The summed E-state index contributed by atoms with van der Waals surface area (Å²) in [6, 6.07) is 11.6. The molecule has 92 valence electrons. The van der Waals surface area contributed by atoms with Gasteiger partial charge in [0.25, 0.3) is 0 Å². The highest BCUT2D eigenvalue weighted by molar-refractivity contribution is 5.27. The smallest absolute Gasteiger partial charge is 0.0693 e. The van der Waals surface area contributed by atoms with Gasteiger partial charge in [0, 0.05) is 18.0 Å². The second kappa shape index (κ2) is 4.79. The van der Waals surface area contributed by atoms with E-state index in [9.17, 15) is 5.11 Å². The Morgan fingerprint density at radius 2 is 1.76 bits per heavy atom. The van der Waals surface area contributed by atoms with E-state index in [1.165, 1.54) is 24.8 Å². The van der Waals surface area contributed by atoms with Crippen LogP contribution in [0, 0.1) is 0 Å². The minimum atomic E-state index is -0.124. The molecule has 1 aromatic carbocycles. The second-order valence-electron chi connectivity index (χ2n) is 5.48. The fraction of sp³-hybridized carbons (Fsp3) is 0.600. The summed E-state index contributed by atoms with van der Waals surface area (Å²) >= 11 is 0.